The van der Waals surface area contributed by atoms with Gasteiger partial charge in [-0.05, 0) is 43.1 Å². The van der Waals surface area contributed by atoms with Gasteiger partial charge >= 0.3 is 0 Å². The van der Waals surface area contributed by atoms with Gasteiger partial charge < -0.3 is 4.90 Å². The van der Waals surface area contributed by atoms with Crippen LogP contribution in [0.4, 0.5) is 0 Å². The van der Waals surface area contributed by atoms with E-state index < -0.39 is 0 Å². The van der Waals surface area contributed by atoms with Crippen molar-refractivity contribution in [1.29, 1.82) is 0 Å². The van der Waals surface area contributed by atoms with Crippen LogP contribution in [0.2, 0.25) is 0 Å². The van der Waals surface area contributed by atoms with Crippen LogP contribution in [0.1, 0.15) is 16.8 Å². The van der Waals surface area contributed by atoms with Gasteiger partial charge in [-0.15, -0.1) is 0 Å². The first kappa shape index (κ1) is 19.9. The fourth-order valence-corrected chi connectivity index (χ4v) is 3.49. The van der Waals surface area contributed by atoms with Gasteiger partial charge in [0.25, 0.3) is 0 Å². The lowest BCUT2D eigenvalue weighted by Gasteiger charge is -2.14. The maximum atomic E-state index is 4.94. The Hall–Kier alpha value is -2.86. The number of hydrazine groups is 1. The van der Waals surface area contributed by atoms with Gasteiger partial charge in [0, 0.05) is 29.9 Å². The first-order valence-electron chi connectivity index (χ1n) is 9.39. The molecule has 0 aliphatic heterocycles. The first-order chi connectivity index (χ1) is 13.7. The van der Waals surface area contributed by atoms with Crippen LogP contribution in [0.3, 0.4) is 0 Å². The normalized spacial score (nSPS) is 10.9. The van der Waals surface area contributed by atoms with Crippen molar-refractivity contribution in [1.82, 2.24) is 14.9 Å². The van der Waals surface area contributed by atoms with Crippen LogP contribution in [0.15, 0.2) is 66.9 Å². The van der Waals surface area contributed by atoms with Crippen molar-refractivity contribution in [2.75, 3.05) is 20.6 Å². The molecule has 5 heteroatoms. The van der Waals surface area contributed by atoms with Crippen LogP contribution in [-0.4, -0.2) is 35.5 Å². The highest BCUT2D eigenvalue weighted by atomic mass is 15.0. The lowest BCUT2D eigenvalue weighted by atomic mass is 9.97. The molecule has 5 nitrogen and oxygen atoms in total. The molecule has 0 aliphatic rings. The summed E-state index contributed by atoms with van der Waals surface area (Å²) >= 11 is 0. The number of nitrogens with two attached hydrogens (primary N) is 2. The van der Waals surface area contributed by atoms with Crippen LogP contribution in [0, 0.1) is 0 Å². The summed E-state index contributed by atoms with van der Waals surface area (Å²) in [7, 11) is 4.19. The highest BCUT2D eigenvalue weighted by Crippen LogP contribution is 2.29. The molecule has 0 saturated carbocycles. The minimum Gasteiger partial charge on any atom is -0.309 e. The summed E-state index contributed by atoms with van der Waals surface area (Å²) in [5.41, 5.74) is 4.57. The minimum atomic E-state index is 0.853. The number of hydrogen-bond donors (Lipinski definition) is 2. The summed E-state index contributed by atoms with van der Waals surface area (Å²) in [6.07, 6.45) is 3.70. The molecule has 0 spiro atoms. The van der Waals surface area contributed by atoms with Gasteiger partial charge in [-0.2, -0.15) is 0 Å². The summed E-state index contributed by atoms with van der Waals surface area (Å²) < 4.78 is 0. The highest BCUT2D eigenvalue weighted by molar-refractivity contribution is 6.07. The second-order valence-electron chi connectivity index (χ2n) is 6.99. The summed E-state index contributed by atoms with van der Waals surface area (Å²) in [4.78, 5) is 11.7. The Labute approximate surface area is 166 Å². The molecule has 144 valence electrons. The van der Waals surface area contributed by atoms with E-state index in [9.17, 15) is 0 Å². The van der Waals surface area contributed by atoms with Crippen LogP contribution < -0.4 is 11.7 Å². The van der Waals surface area contributed by atoms with Crippen molar-refractivity contribution in [2.45, 2.75) is 12.8 Å². The Morgan fingerprint density at radius 1 is 0.857 bits per heavy atom. The van der Waals surface area contributed by atoms with Crippen LogP contribution in [-0.2, 0) is 12.8 Å². The number of nitrogens with zero attached hydrogens (tertiary/aromatic N) is 3. The third-order valence-electron chi connectivity index (χ3n) is 4.80. The quantitative estimate of drug-likeness (QED) is 0.319. The number of pyridine rings is 2. The number of rotatable bonds is 5. The van der Waals surface area contributed by atoms with Crippen molar-refractivity contribution in [3.63, 3.8) is 0 Å². The molecule has 2 aromatic heterocycles. The summed E-state index contributed by atoms with van der Waals surface area (Å²) in [5, 5.41) is 3.68. The molecular weight excluding hydrogens is 346 g/mol. The molecule has 0 radical (unpaired) electrons. The summed E-state index contributed by atoms with van der Waals surface area (Å²) in [6.45, 7) is 0.978. The SMILES string of the molecule is CN(C)CCc1nc2nccc(Cc3ccccc3)c2c2ccccc12.NN. The number of benzene rings is 2. The fourth-order valence-electron chi connectivity index (χ4n) is 3.49. The van der Waals surface area contributed by atoms with Gasteiger partial charge in [-0.1, -0.05) is 54.6 Å². The van der Waals surface area contributed by atoms with Crippen LogP contribution >= 0.6 is 0 Å². The van der Waals surface area contributed by atoms with E-state index in [1.807, 2.05) is 6.20 Å². The van der Waals surface area contributed by atoms with E-state index in [-0.39, 0.29) is 0 Å². The van der Waals surface area contributed by atoms with E-state index in [1.165, 1.54) is 27.3 Å². The molecule has 0 saturated heterocycles. The second kappa shape index (κ2) is 9.37. The molecule has 0 atom stereocenters. The number of likely N-dealkylation sites (N-methyl/N-ethyl adjacent to an activating group) is 1. The van der Waals surface area contributed by atoms with Crippen molar-refractivity contribution < 1.29 is 0 Å². The lowest BCUT2D eigenvalue weighted by Crippen LogP contribution is -2.16. The van der Waals surface area contributed by atoms with E-state index in [0.717, 1.165) is 30.7 Å². The van der Waals surface area contributed by atoms with Crippen LogP contribution in [0.5, 0.6) is 0 Å². The standard InChI is InChI=1S/C23H23N3.H4N2/c1-26(2)15-13-21-19-10-6-7-11-20(19)22-18(12-14-24-23(22)25-21)16-17-8-4-3-5-9-17;1-2/h3-12,14H,13,15-16H2,1-2H3;1-2H2. The summed E-state index contributed by atoms with van der Waals surface area (Å²) in [5.74, 6) is 8.00. The Morgan fingerprint density at radius 2 is 1.54 bits per heavy atom. The number of aromatic nitrogens is 2. The van der Waals surface area contributed by atoms with Gasteiger partial charge in [0.2, 0.25) is 0 Å². The van der Waals surface area contributed by atoms with Crippen LogP contribution in [0.25, 0.3) is 21.8 Å². The third kappa shape index (κ3) is 4.34. The molecule has 4 N–H and O–H groups in total. The Bertz CT molecular complexity index is 1040. The molecule has 0 fully saturated rings. The van der Waals surface area contributed by atoms with Gasteiger partial charge in [0.05, 0.1) is 5.69 Å². The molecule has 0 aliphatic carbocycles. The topological polar surface area (TPSA) is 81.1 Å². The largest absolute Gasteiger partial charge is 0.309 e. The lowest BCUT2D eigenvalue weighted by molar-refractivity contribution is 0.412. The molecule has 28 heavy (non-hydrogen) atoms. The average molecular weight is 374 g/mol. The van der Waals surface area contributed by atoms with Crippen molar-refractivity contribution in [3.05, 3.63) is 83.7 Å². The van der Waals surface area contributed by atoms with Gasteiger partial charge in [-0.25, -0.2) is 9.97 Å². The van der Waals surface area contributed by atoms with E-state index >= 15 is 0 Å². The zero-order chi connectivity index (χ0) is 19.9. The Morgan fingerprint density at radius 3 is 2.25 bits per heavy atom. The van der Waals surface area contributed by atoms with Gasteiger partial charge in [-0.3, -0.25) is 11.7 Å². The minimum absolute atomic E-state index is 0.853. The smallest absolute Gasteiger partial charge is 0.160 e. The number of hydrogen-bond acceptors (Lipinski definition) is 5. The van der Waals surface area contributed by atoms with Crippen molar-refractivity contribution >= 4 is 21.8 Å². The maximum Gasteiger partial charge on any atom is 0.160 e. The predicted octanol–water partition coefficient (Wildman–Crippen LogP) is 3.30. The Kier molecular flexibility index (Phi) is 6.66. The van der Waals surface area contributed by atoms with Gasteiger partial charge in [0.15, 0.2) is 5.65 Å². The predicted molar refractivity (Wildman–Crippen MR) is 117 cm³/mol. The molecule has 2 aromatic carbocycles. The molecule has 4 rings (SSSR count). The van der Waals surface area contributed by atoms with Crippen molar-refractivity contribution in [2.24, 2.45) is 11.7 Å². The first-order valence-corrected chi connectivity index (χ1v) is 9.39. The maximum absolute atomic E-state index is 4.94. The number of fused-ring (bicyclic) bond motifs is 3. The molecular formula is C23H27N5. The highest BCUT2D eigenvalue weighted by Gasteiger charge is 2.12. The molecule has 0 amide bonds. The van der Waals surface area contributed by atoms with E-state index in [2.05, 4.69) is 96.3 Å². The second-order valence-corrected chi connectivity index (χ2v) is 6.99. The fraction of sp³-hybridized carbons (Fsp3) is 0.217. The van der Waals surface area contributed by atoms with Gasteiger partial charge in [0.1, 0.15) is 0 Å². The summed E-state index contributed by atoms with van der Waals surface area (Å²) in [6, 6.07) is 21.3. The van der Waals surface area contributed by atoms with E-state index in [1.54, 1.807) is 0 Å². The monoisotopic (exact) mass is 373 g/mol. The molecule has 0 unspecified atom stereocenters. The average Bonchev–Trinajstić information content (AvgIpc) is 2.74. The molecule has 0 bridgehead atoms. The molecule has 2 heterocycles. The third-order valence-corrected chi connectivity index (χ3v) is 4.80. The van der Waals surface area contributed by atoms with E-state index in [0.29, 0.717) is 0 Å². The Balaban J connectivity index is 0.00000109. The zero-order valence-corrected chi connectivity index (χ0v) is 16.5. The zero-order valence-electron chi connectivity index (χ0n) is 16.5. The van der Waals surface area contributed by atoms with Crippen molar-refractivity contribution in [3.8, 4) is 0 Å². The van der Waals surface area contributed by atoms with E-state index in [4.69, 9.17) is 4.98 Å². The molecule has 4 aromatic rings.